The summed E-state index contributed by atoms with van der Waals surface area (Å²) in [7, 11) is 0. The van der Waals surface area contributed by atoms with Crippen LogP contribution < -0.4 is 0 Å². The van der Waals surface area contributed by atoms with Crippen LogP contribution in [0.25, 0.3) is 0 Å². The van der Waals surface area contributed by atoms with Gasteiger partial charge in [0.25, 0.3) is 0 Å². The first-order valence-corrected chi connectivity index (χ1v) is 6.14. The minimum Gasteiger partial charge on any atom is -0.299 e. The van der Waals surface area contributed by atoms with E-state index in [4.69, 9.17) is 0 Å². The van der Waals surface area contributed by atoms with Gasteiger partial charge in [0.1, 0.15) is 5.78 Å². The monoisotopic (exact) mass is 211 g/mol. The number of ketones is 1. The highest BCUT2D eigenvalue weighted by Crippen LogP contribution is 2.27. The predicted octanol–water partition coefficient (Wildman–Crippen LogP) is 2.72. The lowest BCUT2D eigenvalue weighted by Gasteiger charge is -2.41. The maximum absolute atomic E-state index is 11.6. The molecule has 0 aromatic rings. The molecule has 0 aromatic heterocycles. The lowest BCUT2D eigenvalue weighted by atomic mass is 9.85. The highest BCUT2D eigenvalue weighted by molar-refractivity contribution is 5.82. The van der Waals surface area contributed by atoms with Crippen LogP contribution in [0.4, 0.5) is 0 Å². The van der Waals surface area contributed by atoms with Gasteiger partial charge in [0, 0.05) is 31.5 Å². The third-order valence-electron chi connectivity index (χ3n) is 4.04. The van der Waals surface area contributed by atoms with Crippen LogP contribution in [0.1, 0.15) is 47.5 Å². The standard InChI is InChI=1S/C13H25NO/c1-6-13(4,5)9-14-8-7-12(15)10(2)11(14)3/h10-11H,6-9H2,1-5H3. The van der Waals surface area contributed by atoms with Crippen LogP contribution in [0.5, 0.6) is 0 Å². The molecule has 1 aliphatic heterocycles. The average Bonchev–Trinajstić information content (AvgIpc) is 2.19. The first-order chi connectivity index (χ1) is 6.87. The van der Waals surface area contributed by atoms with Gasteiger partial charge < -0.3 is 0 Å². The molecule has 0 bridgehead atoms. The van der Waals surface area contributed by atoms with Gasteiger partial charge in [-0.2, -0.15) is 0 Å². The van der Waals surface area contributed by atoms with Crippen molar-refractivity contribution in [3.63, 3.8) is 0 Å². The zero-order valence-corrected chi connectivity index (χ0v) is 10.8. The summed E-state index contributed by atoms with van der Waals surface area (Å²) >= 11 is 0. The summed E-state index contributed by atoms with van der Waals surface area (Å²) in [4.78, 5) is 14.0. The Hall–Kier alpha value is -0.370. The third kappa shape index (κ3) is 3.04. The van der Waals surface area contributed by atoms with Crippen molar-refractivity contribution in [2.24, 2.45) is 11.3 Å². The summed E-state index contributed by atoms with van der Waals surface area (Å²) in [5.41, 5.74) is 0.369. The number of carbonyl (C=O) groups excluding carboxylic acids is 1. The fraction of sp³-hybridized carbons (Fsp3) is 0.923. The second-order valence-electron chi connectivity index (χ2n) is 5.73. The van der Waals surface area contributed by atoms with Crippen LogP contribution in [0, 0.1) is 11.3 Å². The fourth-order valence-corrected chi connectivity index (χ4v) is 2.15. The van der Waals surface area contributed by atoms with E-state index < -0.39 is 0 Å². The van der Waals surface area contributed by atoms with E-state index in [9.17, 15) is 4.79 Å². The first kappa shape index (κ1) is 12.7. The average molecular weight is 211 g/mol. The summed E-state index contributed by atoms with van der Waals surface area (Å²) in [6, 6.07) is 0.414. The van der Waals surface area contributed by atoms with Gasteiger partial charge in [-0.15, -0.1) is 0 Å². The van der Waals surface area contributed by atoms with Crippen molar-refractivity contribution in [1.29, 1.82) is 0 Å². The van der Waals surface area contributed by atoms with Crippen molar-refractivity contribution in [3.05, 3.63) is 0 Å². The van der Waals surface area contributed by atoms with E-state index in [2.05, 4.69) is 39.5 Å². The molecular weight excluding hydrogens is 186 g/mol. The molecule has 1 saturated heterocycles. The maximum atomic E-state index is 11.6. The fourth-order valence-electron chi connectivity index (χ4n) is 2.15. The lowest BCUT2D eigenvalue weighted by molar-refractivity contribution is -0.128. The van der Waals surface area contributed by atoms with Gasteiger partial charge in [0.2, 0.25) is 0 Å². The summed E-state index contributed by atoms with van der Waals surface area (Å²) in [6.07, 6.45) is 1.93. The molecule has 0 N–H and O–H groups in total. The molecule has 0 aromatic carbocycles. The molecule has 1 aliphatic rings. The van der Waals surface area contributed by atoms with Gasteiger partial charge in [-0.25, -0.2) is 0 Å². The van der Waals surface area contributed by atoms with Gasteiger partial charge in [-0.05, 0) is 18.8 Å². The van der Waals surface area contributed by atoms with E-state index in [0.717, 1.165) is 19.5 Å². The Morgan fingerprint density at radius 3 is 2.53 bits per heavy atom. The molecule has 2 heteroatoms. The van der Waals surface area contributed by atoms with Crippen molar-refractivity contribution >= 4 is 5.78 Å². The first-order valence-electron chi connectivity index (χ1n) is 6.14. The molecule has 88 valence electrons. The van der Waals surface area contributed by atoms with Crippen molar-refractivity contribution in [3.8, 4) is 0 Å². The zero-order chi connectivity index (χ0) is 11.6. The predicted molar refractivity (Wildman–Crippen MR) is 63.9 cm³/mol. The maximum Gasteiger partial charge on any atom is 0.138 e. The molecule has 0 saturated carbocycles. The van der Waals surface area contributed by atoms with Crippen molar-refractivity contribution in [2.45, 2.75) is 53.5 Å². The summed E-state index contributed by atoms with van der Waals surface area (Å²) in [5, 5.41) is 0. The quantitative estimate of drug-likeness (QED) is 0.715. The Kier molecular flexibility index (Phi) is 3.93. The van der Waals surface area contributed by atoms with E-state index >= 15 is 0 Å². The van der Waals surface area contributed by atoms with E-state index in [-0.39, 0.29) is 5.92 Å². The van der Waals surface area contributed by atoms with Crippen LogP contribution in [-0.2, 0) is 4.79 Å². The van der Waals surface area contributed by atoms with Crippen LogP contribution in [0.2, 0.25) is 0 Å². The van der Waals surface area contributed by atoms with Crippen LogP contribution in [-0.4, -0.2) is 29.8 Å². The number of piperidine rings is 1. The normalized spacial score (nSPS) is 29.5. The largest absolute Gasteiger partial charge is 0.299 e. The molecule has 1 rings (SSSR count). The second kappa shape index (κ2) is 4.65. The molecule has 0 spiro atoms. The van der Waals surface area contributed by atoms with E-state index in [1.165, 1.54) is 6.42 Å². The van der Waals surface area contributed by atoms with Gasteiger partial charge in [-0.3, -0.25) is 9.69 Å². The molecule has 1 heterocycles. The summed E-state index contributed by atoms with van der Waals surface area (Å²) < 4.78 is 0. The minimum atomic E-state index is 0.214. The number of nitrogens with zero attached hydrogens (tertiary/aromatic N) is 1. The second-order valence-corrected chi connectivity index (χ2v) is 5.73. The third-order valence-corrected chi connectivity index (χ3v) is 4.04. The molecule has 2 nitrogen and oxygen atoms in total. The Labute approximate surface area is 94.0 Å². The Morgan fingerprint density at radius 1 is 1.40 bits per heavy atom. The number of hydrogen-bond acceptors (Lipinski definition) is 2. The topological polar surface area (TPSA) is 20.3 Å². The van der Waals surface area contributed by atoms with Crippen LogP contribution in [0.15, 0.2) is 0 Å². The van der Waals surface area contributed by atoms with Crippen molar-refractivity contribution < 1.29 is 4.79 Å². The minimum absolute atomic E-state index is 0.214. The molecule has 15 heavy (non-hydrogen) atoms. The molecule has 0 amide bonds. The van der Waals surface area contributed by atoms with Crippen LogP contribution >= 0.6 is 0 Å². The molecule has 0 radical (unpaired) electrons. The number of carbonyl (C=O) groups is 1. The summed E-state index contributed by atoms with van der Waals surface area (Å²) in [6.45, 7) is 13.2. The highest BCUT2D eigenvalue weighted by atomic mass is 16.1. The Bertz CT molecular complexity index is 235. The van der Waals surface area contributed by atoms with E-state index in [1.54, 1.807) is 0 Å². The molecular formula is C13H25NO. The molecule has 1 fully saturated rings. The van der Waals surface area contributed by atoms with Crippen LogP contribution in [0.3, 0.4) is 0 Å². The molecule has 2 atom stereocenters. The Balaban J connectivity index is 2.60. The SMILES string of the molecule is CCC(C)(C)CN1CCC(=O)C(C)C1C. The highest BCUT2D eigenvalue weighted by Gasteiger charge is 2.33. The molecule has 2 unspecified atom stereocenters. The number of rotatable bonds is 3. The van der Waals surface area contributed by atoms with Gasteiger partial charge in [0.05, 0.1) is 0 Å². The van der Waals surface area contributed by atoms with Gasteiger partial charge in [-0.1, -0.05) is 27.7 Å². The zero-order valence-electron chi connectivity index (χ0n) is 10.8. The molecule has 0 aliphatic carbocycles. The van der Waals surface area contributed by atoms with E-state index in [0.29, 0.717) is 17.2 Å². The lowest BCUT2D eigenvalue weighted by Crippen LogP contribution is -2.49. The van der Waals surface area contributed by atoms with Gasteiger partial charge in [0.15, 0.2) is 0 Å². The van der Waals surface area contributed by atoms with Crippen molar-refractivity contribution in [2.75, 3.05) is 13.1 Å². The van der Waals surface area contributed by atoms with Gasteiger partial charge >= 0.3 is 0 Å². The number of likely N-dealkylation sites (tertiary alicyclic amines) is 1. The van der Waals surface area contributed by atoms with E-state index in [1.807, 2.05) is 0 Å². The number of Topliss-reactive ketones (excluding diaryl/α,β-unsaturated/α-hetero) is 1. The summed E-state index contributed by atoms with van der Waals surface area (Å²) in [5.74, 6) is 0.652. The van der Waals surface area contributed by atoms with Crippen molar-refractivity contribution in [1.82, 2.24) is 4.90 Å². The Morgan fingerprint density at radius 2 is 2.00 bits per heavy atom. The number of hydrogen-bond donors (Lipinski definition) is 0. The smallest absolute Gasteiger partial charge is 0.138 e.